The van der Waals surface area contributed by atoms with Crippen LogP contribution in [0.15, 0.2) is 42.5 Å². The van der Waals surface area contributed by atoms with Gasteiger partial charge in [-0.3, -0.25) is 15.0 Å². The Bertz CT molecular complexity index is 973. The second-order valence-corrected chi connectivity index (χ2v) is 7.96. The Morgan fingerprint density at radius 2 is 1.84 bits per heavy atom. The Balaban J connectivity index is 0.00000341. The normalized spacial score (nSPS) is 16.2. The fourth-order valence-corrected chi connectivity index (χ4v) is 3.84. The van der Waals surface area contributed by atoms with Gasteiger partial charge in [0.15, 0.2) is 0 Å². The largest absolute Gasteiger partial charge is 0.489 e. The lowest BCUT2D eigenvalue weighted by Crippen LogP contribution is -2.36. The molecule has 1 aliphatic rings. The number of fused-ring (bicyclic) bond motifs is 1. The van der Waals surface area contributed by atoms with Crippen LogP contribution in [0.5, 0.6) is 5.75 Å². The molecule has 1 atom stereocenters. The summed E-state index contributed by atoms with van der Waals surface area (Å²) in [5.41, 5.74) is 7.76. The number of ether oxygens (including phenoxy) is 2. The van der Waals surface area contributed by atoms with Crippen molar-refractivity contribution in [2.75, 3.05) is 11.9 Å². The standard InChI is InChI=1S/C23H27N3O4.ClH/c1-4-29-19(27)12-16-13-23(2,3)20-17(6-5-7-18(20)30-16)26-22(28)15-10-8-14(9-11-15)21(24)25;/h5-11,16H,4,12-13H2,1-3H3,(H3,24,25)(H,26,28);1H. The minimum Gasteiger partial charge on any atom is -0.489 e. The van der Waals surface area contributed by atoms with Gasteiger partial charge in [-0.05, 0) is 43.0 Å². The molecule has 1 unspecified atom stereocenters. The van der Waals surface area contributed by atoms with E-state index in [4.69, 9.17) is 20.6 Å². The molecule has 7 nitrogen and oxygen atoms in total. The molecule has 2 aromatic carbocycles. The van der Waals surface area contributed by atoms with E-state index in [9.17, 15) is 9.59 Å². The second kappa shape index (κ2) is 9.83. The van der Waals surface area contributed by atoms with E-state index >= 15 is 0 Å². The fraction of sp³-hybridized carbons (Fsp3) is 0.348. The summed E-state index contributed by atoms with van der Waals surface area (Å²) in [6.45, 7) is 6.27. The molecule has 0 fully saturated rings. The third-order valence-corrected chi connectivity index (χ3v) is 5.14. The van der Waals surface area contributed by atoms with Crippen LogP contribution in [0.25, 0.3) is 0 Å². The van der Waals surface area contributed by atoms with Gasteiger partial charge in [-0.15, -0.1) is 12.4 Å². The SMILES string of the molecule is CCOC(=O)CC1CC(C)(C)c2c(NC(=O)c3ccc(C(=N)N)cc3)cccc2O1.Cl. The van der Waals surface area contributed by atoms with E-state index in [0.717, 1.165) is 5.56 Å². The van der Waals surface area contributed by atoms with Crippen LogP contribution in [0.2, 0.25) is 0 Å². The maximum atomic E-state index is 12.8. The summed E-state index contributed by atoms with van der Waals surface area (Å²) in [6.07, 6.45) is 0.533. The highest BCUT2D eigenvalue weighted by molar-refractivity contribution is 6.05. The van der Waals surface area contributed by atoms with Gasteiger partial charge in [0.2, 0.25) is 0 Å². The molecule has 4 N–H and O–H groups in total. The molecule has 0 saturated carbocycles. The zero-order valence-corrected chi connectivity index (χ0v) is 18.7. The molecule has 1 heterocycles. The molecular weight excluding hydrogens is 418 g/mol. The van der Waals surface area contributed by atoms with Crippen LogP contribution in [0.4, 0.5) is 5.69 Å². The number of nitrogen functional groups attached to an aromatic ring is 1. The topological polar surface area (TPSA) is 114 Å². The predicted octanol–water partition coefficient (Wildman–Crippen LogP) is 4.03. The van der Waals surface area contributed by atoms with Crippen LogP contribution in [0.3, 0.4) is 0 Å². The van der Waals surface area contributed by atoms with Gasteiger partial charge in [0.25, 0.3) is 5.91 Å². The molecule has 0 radical (unpaired) electrons. The number of amides is 1. The first-order chi connectivity index (χ1) is 14.2. The van der Waals surface area contributed by atoms with Crippen molar-refractivity contribution in [3.63, 3.8) is 0 Å². The monoisotopic (exact) mass is 445 g/mol. The van der Waals surface area contributed by atoms with E-state index in [1.165, 1.54) is 0 Å². The van der Waals surface area contributed by atoms with E-state index in [-0.39, 0.29) is 48.1 Å². The van der Waals surface area contributed by atoms with Crippen LogP contribution < -0.4 is 15.8 Å². The molecule has 2 aromatic rings. The van der Waals surface area contributed by atoms with Gasteiger partial charge in [-0.25, -0.2) is 0 Å². The zero-order valence-electron chi connectivity index (χ0n) is 17.9. The van der Waals surface area contributed by atoms with Crippen molar-refractivity contribution < 1.29 is 19.1 Å². The van der Waals surface area contributed by atoms with Crippen LogP contribution in [-0.2, 0) is 14.9 Å². The van der Waals surface area contributed by atoms with Crippen LogP contribution in [0.1, 0.15) is 55.1 Å². The second-order valence-electron chi connectivity index (χ2n) is 7.96. The van der Waals surface area contributed by atoms with Crippen molar-refractivity contribution in [1.82, 2.24) is 0 Å². The van der Waals surface area contributed by atoms with Gasteiger partial charge in [0.1, 0.15) is 17.7 Å². The Morgan fingerprint density at radius 1 is 1.19 bits per heavy atom. The quantitative estimate of drug-likeness (QED) is 0.353. The molecule has 166 valence electrons. The molecule has 0 bridgehead atoms. The van der Waals surface area contributed by atoms with Crippen LogP contribution >= 0.6 is 12.4 Å². The lowest BCUT2D eigenvalue weighted by molar-refractivity contribution is -0.145. The first-order valence-electron chi connectivity index (χ1n) is 9.93. The summed E-state index contributed by atoms with van der Waals surface area (Å²) in [7, 11) is 0. The third kappa shape index (κ3) is 5.55. The van der Waals surface area contributed by atoms with E-state index in [1.807, 2.05) is 18.2 Å². The number of rotatable bonds is 6. The summed E-state index contributed by atoms with van der Waals surface area (Å²) >= 11 is 0. The smallest absolute Gasteiger partial charge is 0.309 e. The Hall–Kier alpha value is -3.06. The Kier molecular flexibility index (Phi) is 7.68. The summed E-state index contributed by atoms with van der Waals surface area (Å²) in [4.78, 5) is 24.7. The molecule has 0 aromatic heterocycles. The summed E-state index contributed by atoms with van der Waals surface area (Å²) in [6, 6.07) is 12.1. The number of amidine groups is 1. The Labute approximate surface area is 188 Å². The number of halogens is 1. The van der Waals surface area contributed by atoms with Gasteiger partial charge in [-0.1, -0.05) is 32.0 Å². The first-order valence-corrected chi connectivity index (χ1v) is 9.93. The van der Waals surface area contributed by atoms with Crippen molar-refractivity contribution in [2.45, 2.75) is 45.1 Å². The molecule has 0 spiro atoms. The molecule has 1 aliphatic heterocycles. The molecule has 0 saturated heterocycles. The van der Waals surface area contributed by atoms with E-state index in [0.29, 0.717) is 35.6 Å². The minimum atomic E-state index is -0.312. The molecule has 3 rings (SSSR count). The maximum Gasteiger partial charge on any atom is 0.309 e. The Morgan fingerprint density at radius 3 is 2.45 bits per heavy atom. The summed E-state index contributed by atoms with van der Waals surface area (Å²) in [5, 5.41) is 10.4. The number of carbonyl (C=O) groups excluding carboxylic acids is 2. The maximum absolute atomic E-state index is 12.8. The highest BCUT2D eigenvalue weighted by Gasteiger charge is 2.37. The predicted molar refractivity (Wildman–Crippen MR) is 122 cm³/mol. The lowest BCUT2D eigenvalue weighted by atomic mass is 9.76. The first kappa shape index (κ1) is 24.2. The average Bonchev–Trinajstić information content (AvgIpc) is 2.67. The highest BCUT2D eigenvalue weighted by atomic mass is 35.5. The van der Waals surface area contributed by atoms with Gasteiger partial charge in [0, 0.05) is 22.4 Å². The lowest BCUT2D eigenvalue weighted by Gasteiger charge is -2.38. The van der Waals surface area contributed by atoms with Crippen molar-refractivity contribution in [3.05, 3.63) is 59.2 Å². The van der Waals surface area contributed by atoms with Gasteiger partial charge >= 0.3 is 5.97 Å². The van der Waals surface area contributed by atoms with Gasteiger partial charge in [-0.2, -0.15) is 0 Å². The third-order valence-electron chi connectivity index (χ3n) is 5.14. The molecular formula is C23H28ClN3O4. The number of hydrogen-bond donors (Lipinski definition) is 3. The van der Waals surface area contributed by atoms with E-state index < -0.39 is 0 Å². The fourth-order valence-electron chi connectivity index (χ4n) is 3.84. The van der Waals surface area contributed by atoms with Crippen molar-refractivity contribution in [3.8, 4) is 5.75 Å². The van der Waals surface area contributed by atoms with Crippen molar-refractivity contribution in [1.29, 1.82) is 5.41 Å². The van der Waals surface area contributed by atoms with E-state index in [1.54, 1.807) is 31.2 Å². The number of benzene rings is 2. The minimum absolute atomic E-state index is 0. The van der Waals surface area contributed by atoms with Crippen LogP contribution in [0, 0.1) is 5.41 Å². The van der Waals surface area contributed by atoms with E-state index in [2.05, 4.69) is 19.2 Å². The zero-order chi connectivity index (χ0) is 21.9. The number of esters is 1. The molecule has 0 aliphatic carbocycles. The molecule has 8 heteroatoms. The van der Waals surface area contributed by atoms with Gasteiger partial charge in [0.05, 0.1) is 13.0 Å². The number of anilines is 1. The van der Waals surface area contributed by atoms with Crippen molar-refractivity contribution >= 4 is 35.8 Å². The van der Waals surface area contributed by atoms with Crippen LogP contribution in [-0.4, -0.2) is 30.4 Å². The molecule has 31 heavy (non-hydrogen) atoms. The highest BCUT2D eigenvalue weighted by Crippen LogP contribution is 2.45. The number of nitrogens with two attached hydrogens (primary N) is 1. The van der Waals surface area contributed by atoms with Crippen molar-refractivity contribution in [2.24, 2.45) is 5.73 Å². The average molecular weight is 446 g/mol. The molecule has 1 amide bonds. The number of nitrogens with one attached hydrogen (secondary N) is 2. The number of carbonyl (C=O) groups is 2. The number of hydrogen-bond acceptors (Lipinski definition) is 5. The summed E-state index contributed by atoms with van der Waals surface area (Å²) < 4.78 is 11.1. The van der Waals surface area contributed by atoms with Gasteiger partial charge < -0.3 is 20.5 Å². The summed E-state index contributed by atoms with van der Waals surface area (Å²) in [5.74, 6) is 0.0730.